The van der Waals surface area contributed by atoms with Gasteiger partial charge in [0, 0.05) is 6.54 Å². The van der Waals surface area contributed by atoms with Crippen molar-refractivity contribution in [1.82, 2.24) is 9.55 Å². The Morgan fingerprint density at radius 2 is 1.95 bits per heavy atom. The monoisotopic (exact) mass is 255 g/mol. The number of anilines is 1. The molecule has 0 amide bonds. The third-order valence-electron chi connectivity index (χ3n) is 4.86. The smallest absolute Gasteiger partial charge is 0.201 e. The highest BCUT2D eigenvalue weighted by molar-refractivity contribution is 5.81. The molecule has 2 fully saturated rings. The third kappa shape index (κ3) is 1.92. The minimum atomic E-state index is 0.690. The van der Waals surface area contributed by atoms with E-state index in [9.17, 15) is 0 Å². The minimum Gasteiger partial charge on any atom is -0.369 e. The van der Waals surface area contributed by atoms with Crippen LogP contribution in [-0.4, -0.2) is 9.55 Å². The van der Waals surface area contributed by atoms with Crippen LogP contribution < -0.4 is 5.73 Å². The lowest BCUT2D eigenvalue weighted by atomic mass is 9.98. The van der Waals surface area contributed by atoms with E-state index in [1.807, 2.05) is 0 Å². The average molecular weight is 255 g/mol. The Labute approximate surface area is 113 Å². The summed E-state index contributed by atoms with van der Waals surface area (Å²) in [4.78, 5) is 4.57. The van der Waals surface area contributed by atoms with E-state index in [2.05, 4.69) is 34.7 Å². The van der Waals surface area contributed by atoms with Crippen molar-refractivity contribution >= 4 is 17.0 Å². The molecule has 2 aromatic rings. The Morgan fingerprint density at radius 3 is 2.58 bits per heavy atom. The molecule has 0 radical (unpaired) electrons. The van der Waals surface area contributed by atoms with E-state index in [1.54, 1.807) is 0 Å². The largest absolute Gasteiger partial charge is 0.369 e. The fraction of sp³-hybridized carbons (Fsp3) is 0.562. The standard InChI is InChI=1S/C16H21N3/c1-10-3-2-4-14-15(10)18-16(17)19(14)9-13(11-5-6-11)12-7-8-12/h2-4,11-13H,5-9H2,1H3,(H2,17,18). The van der Waals surface area contributed by atoms with Gasteiger partial charge in [0.1, 0.15) is 0 Å². The molecule has 0 atom stereocenters. The highest BCUT2D eigenvalue weighted by Gasteiger charge is 2.41. The summed E-state index contributed by atoms with van der Waals surface area (Å²) >= 11 is 0. The van der Waals surface area contributed by atoms with Gasteiger partial charge in [0.25, 0.3) is 0 Å². The summed E-state index contributed by atoms with van der Waals surface area (Å²) < 4.78 is 2.25. The number of nitrogen functional groups attached to an aromatic ring is 1. The molecule has 0 unspecified atom stereocenters. The van der Waals surface area contributed by atoms with Crippen molar-refractivity contribution in [2.45, 2.75) is 39.2 Å². The van der Waals surface area contributed by atoms with E-state index in [-0.39, 0.29) is 0 Å². The van der Waals surface area contributed by atoms with Crippen LogP contribution in [0.5, 0.6) is 0 Å². The summed E-state index contributed by atoms with van der Waals surface area (Å²) in [6.07, 6.45) is 5.69. The first kappa shape index (κ1) is 11.3. The zero-order chi connectivity index (χ0) is 13.0. The molecule has 4 rings (SSSR count). The Balaban J connectivity index is 1.73. The van der Waals surface area contributed by atoms with Crippen LogP contribution in [0.3, 0.4) is 0 Å². The van der Waals surface area contributed by atoms with Crippen LogP contribution in [-0.2, 0) is 6.54 Å². The number of rotatable bonds is 4. The molecule has 2 aliphatic rings. The molecule has 3 heteroatoms. The molecule has 2 saturated carbocycles. The minimum absolute atomic E-state index is 0.690. The number of benzene rings is 1. The van der Waals surface area contributed by atoms with Gasteiger partial charge in [-0.15, -0.1) is 0 Å². The molecule has 1 aromatic carbocycles. The van der Waals surface area contributed by atoms with Gasteiger partial charge < -0.3 is 10.3 Å². The maximum absolute atomic E-state index is 6.16. The second kappa shape index (κ2) is 3.99. The van der Waals surface area contributed by atoms with Gasteiger partial charge in [-0.05, 0) is 62.0 Å². The highest BCUT2D eigenvalue weighted by Crippen LogP contribution is 2.50. The van der Waals surface area contributed by atoms with Gasteiger partial charge >= 0.3 is 0 Å². The van der Waals surface area contributed by atoms with Crippen molar-refractivity contribution in [2.24, 2.45) is 17.8 Å². The third-order valence-corrected chi connectivity index (χ3v) is 4.86. The van der Waals surface area contributed by atoms with Crippen molar-refractivity contribution in [3.63, 3.8) is 0 Å². The fourth-order valence-corrected chi connectivity index (χ4v) is 3.44. The summed E-state index contributed by atoms with van der Waals surface area (Å²) in [5.41, 5.74) is 9.67. The van der Waals surface area contributed by atoms with Gasteiger partial charge in [-0.3, -0.25) is 0 Å². The first-order chi connectivity index (χ1) is 9.24. The number of fused-ring (bicyclic) bond motifs is 1. The molecule has 19 heavy (non-hydrogen) atoms. The number of nitrogens with two attached hydrogens (primary N) is 1. The van der Waals surface area contributed by atoms with Gasteiger partial charge in [-0.25, -0.2) is 4.98 Å². The van der Waals surface area contributed by atoms with E-state index in [0.717, 1.165) is 29.8 Å². The van der Waals surface area contributed by atoms with E-state index >= 15 is 0 Å². The molecule has 1 heterocycles. The number of para-hydroxylation sites is 1. The zero-order valence-electron chi connectivity index (χ0n) is 11.5. The second-order valence-corrected chi connectivity index (χ2v) is 6.36. The molecule has 0 aliphatic heterocycles. The molecule has 3 nitrogen and oxygen atoms in total. The maximum Gasteiger partial charge on any atom is 0.201 e. The summed E-state index contributed by atoms with van der Waals surface area (Å²) in [6, 6.07) is 6.37. The van der Waals surface area contributed by atoms with Crippen molar-refractivity contribution in [2.75, 3.05) is 5.73 Å². The van der Waals surface area contributed by atoms with Gasteiger partial charge in [0.15, 0.2) is 0 Å². The molecule has 0 saturated heterocycles. The van der Waals surface area contributed by atoms with Crippen LogP contribution >= 0.6 is 0 Å². The Bertz CT molecular complexity index is 608. The van der Waals surface area contributed by atoms with Crippen LogP contribution in [0.15, 0.2) is 18.2 Å². The molecular weight excluding hydrogens is 234 g/mol. The zero-order valence-corrected chi connectivity index (χ0v) is 11.5. The Kier molecular flexibility index (Phi) is 2.38. The van der Waals surface area contributed by atoms with E-state index in [0.29, 0.717) is 5.95 Å². The van der Waals surface area contributed by atoms with Crippen LogP contribution in [0.1, 0.15) is 31.2 Å². The maximum atomic E-state index is 6.16. The van der Waals surface area contributed by atoms with Crippen molar-refractivity contribution in [3.05, 3.63) is 23.8 Å². The predicted molar refractivity (Wildman–Crippen MR) is 77.8 cm³/mol. The van der Waals surface area contributed by atoms with E-state index in [4.69, 9.17) is 5.73 Å². The summed E-state index contributed by atoms with van der Waals surface area (Å²) in [7, 11) is 0. The van der Waals surface area contributed by atoms with Gasteiger partial charge in [-0.2, -0.15) is 0 Å². The summed E-state index contributed by atoms with van der Waals surface area (Å²) in [5.74, 6) is 3.43. The predicted octanol–water partition coefficient (Wildman–Crippen LogP) is 3.36. The molecule has 0 spiro atoms. The number of nitrogens with zero attached hydrogens (tertiary/aromatic N) is 2. The molecule has 2 N–H and O–H groups in total. The van der Waals surface area contributed by atoms with Crippen molar-refractivity contribution < 1.29 is 0 Å². The van der Waals surface area contributed by atoms with Crippen LogP contribution in [0, 0.1) is 24.7 Å². The topological polar surface area (TPSA) is 43.8 Å². The number of imidazole rings is 1. The van der Waals surface area contributed by atoms with Crippen LogP contribution in [0.2, 0.25) is 0 Å². The lowest BCUT2D eigenvalue weighted by molar-refractivity contribution is 0.355. The number of aryl methyl sites for hydroxylation is 1. The normalized spacial score (nSPS) is 19.5. The van der Waals surface area contributed by atoms with Crippen molar-refractivity contribution in [3.8, 4) is 0 Å². The van der Waals surface area contributed by atoms with Gasteiger partial charge in [0.05, 0.1) is 11.0 Å². The van der Waals surface area contributed by atoms with E-state index in [1.165, 1.54) is 36.8 Å². The lowest BCUT2D eigenvalue weighted by Crippen LogP contribution is -2.16. The van der Waals surface area contributed by atoms with Gasteiger partial charge in [-0.1, -0.05) is 12.1 Å². The quantitative estimate of drug-likeness (QED) is 0.910. The van der Waals surface area contributed by atoms with Crippen molar-refractivity contribution in [1.29, 1.82) is 0 Å². The highest BCUT2D eigenvalue weighted by atomic mass is 15.2. The average Bonchev–Trinajstić information content (AvgIpc) is 3.26. The SMILES string of the molecule is Cc1cccc2c1nc(N)n2CC(C1CC1)C1CC1. The number of hydrogen-bond acceptors (Lipinski definition) is 2. The first-order valence-corrected chi connectivity index (χ1v) is 7.45. The number of hydrogen-bond donors (Lipinski definition) is 1. The summed E-state index contributed by atoms with van der Waals surface area (Å²) in [6.45, 7) is 3.18. The molecule has 2 aliphatic carbocycles. The fourth-order valence-electron chi connectivity index (χ4n) is 3.44. The number of aromatic nitrogens is 2. The first-order valence-electron chi connectivity index (χ1n) is 7.45. The molecule has 1 aromatic heterocycles. The van der Waals surface area contributed by atoms with Gasteiger partial charge in [0.2, 0.25) is 5.95 Å². The van der Waals surface area contributed by atoms with E-state index < -0.39 is 0 Å². The lowest BCUT2D eigenvalue weighted by Gasteiger charge is -2.17. The molecular formula is C16H21N3. The second-order valence-electron chi connectivity index (χ2n) is 6.36. The van der Waals surface area contributed by atoms with Crippen LogP contribution in [0.4, 0.5) is 5.95 Å². The molecule has 0 bridgehead atoms. The Morgan fingerprint density at radius 1 is 1.26 bits per heavy atom. The van der Waals surface area contributed by atoms with Crippen LogP contribution in [0.25, 0.3) is 11.0 Å². The molecule has 100 valence electrons. The summed E-state index contributed by atoms with van der Waals surface area (Å²) in [5, 5.41) is 0. The Hall–Kier alpha value is -1.51.